The highest BCUT2D eigenvalue weighted by Gasteiger charge is 2.14. The van der Waals surface area contributed by atoms with Gasteiger partial charge in [-0.25, -0.2) is 0 Å². The fourth-order valence-corrected chi connectivity index (χ4v) is 1.23. The van der Waals surface area contributed by atoms with Crippen molar-refractivity contribution in [3.05, 3.63) is 0 Å². The van der Waals surface area contributed by atoms with E-state index >= 15 is 0 Å². The van der Waals surface area contributed by atoms with Gasteiger partial charge in [-0.15, -0.1) is 0 Å². The van der Waals surface area contributed by atoms with Gasteiger partial charge in [-0.2, -0.15) is 0 Å². The second-order valence-corrected chi connectivity index (χ2v) is 3.64. The van der Waals surface area contributed by atoms with Crippen LogP contribution in [0.1, 0.15) is 39.5 Å². The van der Waals surface area contributed by atoms with Crippen molar-refractivity contribution in [2.75, 3.05) is 13.2 Å². The third-order valence-electron chi connectivity index (χ3n) is 2.40. The van der Waals surface area contributed by atoms with E-state index in [9.17, 15) is 0 Å². The molecule has 0 bridgehead atoms. The zero-order valence-corrected chi connectivity index (χ0v) is 8.21. The molecule has 1 aliphatic rings. The van der Waals surface area contributed by atoms with Gasteiger partial charge in [0.25, 0.3) is 0 Å². The summed E-state index contributed by atoms with van der Waals surface area (Å²) in [6, 6.07) is 0. The third-order valence-corrected chi connectivity index (χ3v) is 2.40. The normalized spacial score (nSPS) is 27.0. The monoisotopic (exact) mass is 172 g/mol. The molecule has 1 aliphatic heterocycles. The molecular weight excluding hydrogens is 152 g/mol. The molecule has 0 amide bonds. The number of rotatable bonds is 4. The zero-order chi connectivity index (χ0) is 8.81. The molecule has 1 fully saturated rings. The molecular formula is C10H20O2. The first-order valence-corrected chi connectivity index (χ1v) is 5.06. The lowest BCUT2D eigenvalue weighted by Crippen LogP contribution is -2.24. The van der Waals surface area contributed by atoms with Gasteiger partial charge in [-0.3, -0.25) is 0 Å². The van der Waals surface area contributed by atoms with Crippen LogP contribution in [0.25, 0.3) is 0 Å². The van der Waals surface area contributed by atoms with Crippen LogP contribution in [0, 0.1) is 5.92 Å². The summed E-state index contributed by atoms with van der Waals surface area (Å²) in [5, 5.41) is 0. The Kier molecular flexibility index (Phi) is 4.62. The molecule has 0 aromatic rings. The average Bonchev–Trinajstić information content (AvgIpc) is 2.16. The molecule has 0 radical (unpaired) electrons. The quantitative estimate of drug-likeness (QED) is 0.649. The lowest BCUT2D eigenvalue weighted by Gasteiger charge is -2.23. The predicted molar refractivity (Wildman–Crippen MR) is 49.0 cm³/mol. The van der Waals surface area contributed by atoms with Gasteiger partial charge < -0.3 is 9.47 Å². The predicted octanol–water partition coefficient (Wildman–Crippen LogP) is 2.58. The molecule has 0 aromatic carbocycles. The van der Waals surface area contributed by atoms with E-state index < -0.39 is 0 Å². The topological polar surface area (TPSA) is 18.5 Å². The van der Waals surface area contributed by atoms with Crippen LogP contribution < -0.4 is 0 Å². The van der Waals surface area contributed by atoms with Crippen LogP contribution in [0.5, 0.6) is 0 Å². The first-order valence-electron chi connectivity index (χ1n) is 5.06. The smallest absolute Gasteiger partial charge is 0.157 e. The van der Waals surface area contributed by atoms with Gasteiger partial charge in [0, 0.05) is 6.61 Å². The van der Waals surface area contributed by atoms with Crippen LogP contribution in [0.15, 0.2) is 0 Å². The lowest BCUT2D eigenvalue weighted by molar-refractivity contribution is -0.168. The maximum absolute atomic E-state index is 5.61. The largest absolute Gasteiger partial charge is 0.353 e. The zero-order valence-electron chi connectivity index (χ0n) is 8.21. The molecule has 0 spiro atoms. The molecule has 12 heavy (non-hydrogen) atoms. The second-order valence-electron chi connectivity index (χ2n) is 3.64. The first-order chi connectivity index (χ1) is 5.83. The molecule has 2 nitrogen and oxygen atoms in total. The van der Waals surface area contributed by atoms with Gasteiger partial charge in [0.15, 0.2) is 6.29 Å². The summed E-state index contributed by atoms with van der Waals surface area (Å²) in [7, 11) is 0. The molecule has 2 atom stereocenters. The van der Waals surface area contributed by atoms with Crippen molar-refractivity contribution in [2.24, 2.45) is 5.92 Å². The minimum atomic E-state index is 0.0905. The molecule has 2 unspecified atom stereocenters. The van der Waals surface area contributed by atoms with Gasteiger partial charge >= 0.3 is 0 Å². The van der Waals surface area contributed by atoms with Crippen LogP contribution in [0.4, 0.5) is 0 Å². The van der Waals surface area contributed by atoms with Crippen molar-refractivity contribution in [1.82, 2.24) is 0 Å². The maximum Gasteiger partial charge on any atom is 0.157 e. The maximum atomic E-state index is 5.61. The highest BCUT2D eigenvalue weighted by Crippen LogP contribution is 2.15. The van der Waals surface area contributed by atoms with Crippen molar-refractivity contribution >= 4 is 0 Å². The van der Waals surface area contributed by atoms with Crippen molar-refractivity contribution in [1.29, 1.82) is 0 Å². The van der Waals surface area contributed by atoms with Gasteiger partial charge in [-0.1, -0.05) is 20.3 Å². The Morgan fingerprint density at radius 2 is 2.33 bits per heavy atom. The molecule has 72 valence electrons. The minimum absolute atomic E-state index is 0.0905. The fourth-order valence-electron chi connectivity index (χ4n) is 1.23. The molecule has 0 saturated carbocycles. The van der Waals surface area contributed by atoms with E-state index in [4.69, 9.17) is 9.47 Å². The Hall–Kier alpha value is -0.0800. The average molecular weight is 172 g/mol. The van der Waals surface area contributed by atoms with E-state index in [-0.39, 0.29) is 6.29 Å². The van der Waals surface area contributed by atoms with Gasteiger partial charge in [0.1, 0.15) is 0 Å². The number of ether oxygens (including phenoxy) is 2. The highest BCUT2D eigenvalue weighted by molar-refractivity contribution is 4.55. The molecule has 0 aromatic heterocycles. The summed E-state index contributed by atoms with van der Waals surface area (Å²) in [5.74, 6) is 0.663. The summed E-state index contributed by atoms with van der Waals surface area (Å²) in [6.07, 6.45) is 4.81. The third kappa shape index (κ3) is 3.55. The molecule has 0 aliphatic carbocycles. The summed E-state index contributed by atoms with van der Waals surface area (Å²) in [5.41, 5.74) is 0. The highest BCUT2D eigenvalue weighted by atomic mass is 16.7. The SMILES string of the molecule is CCC(C)COC1CCCCO1. The van der Waals surface area contributed by atoms with Crippen molar-refractivity contribution in [2.45, 2.75) is 45.8 Å². The second kappa shape index (κ2) is 5.55. The Bertz CT molecular complexity index is 108. The Labute approximate surface area is 75.2 Å². The fraction of sp³-hybridized carbons (Fsp3) is 1.00. The van der Waals surface area contributed by atoms with Gasteiger partial charge in [0.05, 0.1) is 6.61 Å². The summed E-state index contributed by atoms with van der Waals surface area (Å²) < 4.78 is 11.1. The minimum Gasteiger partial charge on any atom is -0.353 e. The van der Waals surface area contributed by atoms with Crippen molar-refractivity contribution in [3.63, 3.8) is 0 Å². The molecule has 2 heteroatoms. The lowest BCUT2D eigenvalue weighted by atomic mass is 10.1. The Morgan fingerprint density at radius 1 is 1.50 bits per heavy atom. The van der Waals surface area contributed by atoms with E-state index in [0.29, 0.717) is 5.92 Å². The number of hydrogen-bond acceptors (Lipinski definition) is 2. The van der Waals surface area contributed by atoms with Crippen LogP contribution >= 0.6 is 0 Å². The molecule has 0 N–H and O–H groups in total. The van der Waals surface area contributed by atoms with E-state index in [1.54, 1.807) is 0 Å². The first kappa shape index (κ1) is 10.0. The van der Waals surface area contributed by atoms with Gasteiger partial charge in [-0.05, 0) is 25.2 Å². The van der Waals surface area contributed by atoms with Crippen LogP contribution in [-0.4, -0.2) is 19.5 Å². The van der Waals surface area contributed by atoms with E-state index in [2.05, 4.69) is 13.8 Å². The van der Waals surface area contributed by atoms with Crippen LogP contribution in [0.2, 0.25) is 0 Å². The molecule has 1 rings (SSSR count). The van der Waals surface area contributed by atoms with Crippen LogP contribution in [0.3, 0.4) is 0 Å². The molecule has 1 saturated heterocycles. The van der Waals surface area contributed by atoms with Crippen molar-refractivity contribution in [3.8, 4) is 0 Å². The molecule has 1 heterocycles. The summed E-state index contributed by atoms with van der Waals surface area (Å²) in [6.45, 7) is 6.13. The summed E-state index contributed by atoms with van der Waals surface area (Å²) in [4.78, 5) is 0. The Morgan fingerprint density at radius 3 is 2.92 bits per heavy atom. The Balaban J connectivity index is 2.05. The summed E-state index contributed by atoms with van der Waals surface area (Å²) >= 11 is 0. The van der Waals surface area contributed by atoms with Crippen molar-refractivity contribution < 1.29 is 9.47 Å². The standard InChI is InChI=1S/C10H20O2/c1-3-9(2)8-12-10-6-4-5-7-11-10/h9-10H,3-8H2,1-2H3. The van der Waals surface area contributed by atoms with E-state index in [0.717, 1.165) is 19.6 Å². The van der Waals surface area contributed by atoms with E-state index in [1.807, 2.05) is 0 Å². The number of hydrogen-bond donors (Lipinski definition) is 0. The van der Waals surface area contributed by atoms with Gasteiger partial charge in [0.2, 0.25) is 0 Å². The van der Waals surface area contributed by atoms with Crippen LogP contribution in [-0.2, 0) is 9.47 Å². The van der Waals surface area contributed by atoms with E-state index in [1.165, 1.54) is 19.3 Å².